The molecule has 0 saturated carbocycles. The normalized spacial score (nSPS) is 17.0. The van der Waals surface area contributed by atoms with Crippen LogP contribution in [0.2, 0.25) is 0 Å². The molecular formula is C46H59N11O7S. The summed E-state index contributed by atoms with van der Waals surface area (Å²) in [5.74, 6) is -2.15. The van der Waals surface area contributed by atoms with E-state index in [9.17, 15) is 24.0 Å². The number of nitrogens with one attached hydrogen (secondary N) is 4. The number of rotatable bonds is 16. The molecule has 5 rings (SSSR count). The minimum Gasteiger partial charge on any atom is -0.492 e. The maximum Gasteiger partial charge on any atom is 0.255 e. The number of hydrogen-bond acceptors (Lipinski definition) is 13. The summed E-state index contributed by atoms with van der Waals surface area (Å²) in [6, 6.07) is 15.0. The summed E-state index contributed by atoms with van der Waals surface area (Å²) >= 11 is 0. The number of nitriles is 1. The fourth-order valence-corrected chi connectivity index (χ4v) is 8.16. The Morgan fingerprint density at radius 2 is 1.57 bits per heavy atom. The van der Waals surface area contributed by atoms with Crippen LogP contribution in [0.15, 0.2) is 71.8 Å². The molecule has 2 heterocycles. The van der Waals surface area contributed by atoms with Crippen LogP contribution < -0.4 is 47.9 Å². The lowest BCUT2D eigenvalue weighted by atomic mass is 9.93. The van der Waals surface area contributed by atoms with Crippen LogP contribution in [0, 0.1) is 18.3 Å². The number of amides is 5. The Kier molecular flexibility index (Phi) is 17.0. The standard InChI is InChI=1S/C46H59N11O7S/c1-27-35(26-52-41(53-27)30-8-11-32(12-9-30)65(4,5)6)43(59)55-36(15-16-47)46(62)57(3)40-31-10-14-39(64-22-19-50)34(25-31)33-23-29(7-13-38(33)63-21-18-49)24-37(44(60)51-20-17-48)56-42(58)28(2)54-45(40)61/h7-14,23,25-26,28,36-37,40H,15-16,18-22,24,47,49-50H2,1-6H3,(H,51,60)(H,54,61)(H,55,59)(H,56,58)/t28-,36-,37-,40-/m0/s1. The van der Waals surface area contributed by atoms with E-state index in [1.54, 1.807) is 43.3 Å². The summed E-state index contributed by atoms with van der Waals surface area (Å²) < 4.78 is 12.2. The quantitative estimate of drug-likeness (QED) is 0.0790. The first kappa shape index (κ1) is 49.4. The monoisotopic (exact) mass is 909 g/mol. The van der Waals surface area contributed by atoms with Crippen molar-refractivity contribution in [3.05, 3.63) is 89.2 Å². The summed E-state index contributed by atoms with van der Waals surface area (Å²) in [6.45, 7) is 3.49. The lowest BCUT2D eigenvalue weighted by molar-refractivity contribution is -0.141. The molecule has 1 aliphatic heterocycles. The van der Waals surface area contributed by atoms with Crippen molar-refractivity contribution in [1.82, 2.24) is 36.1 Å². The Morgan fingerprint density at radius 1 is 0.923 bits per heavy atom. The van der Waals surface area contributed by atoms with Gasteiger partial charge >= 0.3 is 0 Å². The van der Waals surface area contributed by atoms with E-state index in [0.29, 0.717) is 45.3 Å². The van der Waals surface area contributed by atoms with Crippen molar-refractivity contribution in [3.63, 3.8) is 0 Å². The summed E-state index contributed by atoms with van der Waals surface area (Å²) in [7, 11) is 0.481. The molecule has 4 atom stereocenters. The minimum absolute atomic E-state index is 0.00163. The molecule has 10 N–H and O–H groups in total. The second-order valence-electron chi connectivity index (χ2n) is 16.2. The van der Waals surface area contributed by atoms with Crippen LogP contribution in [0.4, 0.5) is 0 Å². The molecule has 0 radical (unpaired) electrons. The van der Waals surface area contributed by atoms with Crippen LogP contribution in [-0.2, 0) is 25.6 Å². The molecule has 18 nitrogen and oxygen atoms in total. The Labute approximate surface area is 380 Å². The molecule has 1 aromatic heterocycles. The lowest BCUT2D eigenvalue weighted by Crippen LogP contribution is -2.56. The largest absolute Gasteiger partial charge is 0.492 e. The smallest absolute Gasteiger partial charge is 0.255 e. The predicted molar refractivity (Wildman–Crippen MR) is 249 cm³/mol. The molecule has 0 saturated heterocycles. The van der Waals surface area contributed by atoms with E-state index in [4.69, 9.17) is 31.9 Å². The number of nitrogens with zero attached hydrogens (tertiary/aromatic N) is 4. The van der Waals surface area contributed by atoms with Gasteiger partial charge in [0.1, 0.15) is 55.4 Å². The Morgan fingerprint density at radius 3 is 2.17 bits per heavy atom. The zero-order valence-electron chi connectivity index (χ0n) is 37.6. The highest BCUT2D eigenvalue weighted by atomic mass is 32.3. The molecule has 346 valence electrons. The fourth-order valence-electron chi connectivity index (χ4n) is 7.21. The Bertz CT molecular complexity index is 2420. The second kappa shape index (κ2) is 22.3. The first-order chi connectivity index (χ1) is 31.0. The number of ether oxygens (including phenoxy) is 2. The van der Waals surface area contributed by atoms with Crippen molar-refractivity contribution >= 4 is 39.6 Å². The number of carbonyl (C=O) groups is 5. The third-order valence-electron chi connectivity index (χ3n) is 10.7. The van der Waals surface area contributed by atoms with Gasteiger partial charge in [-0.1, -0.05) is 24.3 Å². The number of nitrogens with two attached hydrogens (primary N) is 3. The van der Waals surface area contributed by atoms with Crippen molar-refractivity contribution in [1.29, 1.82) is 5.26 Å². The van der Waals surface area contributed by atoms with Crippen molar-refractivity contribution in [2.45, 2.75) is 55.8 Å². The van der Waals surface area contributed by atoms with E-state index in [1.807, 2.05) is 18.2 Å². The van der Waals surface area contributed by atoms with Gasteiger partial charge in [-0.05, 0) is 98.0 Å². The minimum atomic E-state index is -1.40. The molecule has 0 unspecified atom stereocenters. The molecule has 0 spiro atoms. The first-order valence-electron chi connectivity index (χ1n) is 21.1. The number of aromatic nitrogens is 2. The van der Waals surface area contributed by atoms with Crippen molar-refractivity contribution in [3.8, 4) is 40.1 Å². The SMILES string of the molecule is Cc1nc(-c2ccc(S(C)(C)C)cc2)ncc1C(=O)N[C@@H](CCN)C(=O)N(C)[C@@H]1C(=O)N[C@@H](C)C(=O)N[C@H](C(=O)NCC#N)Cc2ccc(OCCN)c(c2)-c2cc1ccc2OCCN. The highest BCUT2D eigenvalue weighted by molar-refractivity contribution is 8.32. The second-order valence-corrected chi connectivity index (χ2v) is 20.4. The van der Waals surface area contributed by atoms with Crippen molar-refractivity contribution in [2.24, 2.45) is 17.2 Å². The molecule has 5 amide bonds. The summed E-state index contributed by atoms with van der Waals surface area (Å²) in [4.78, 5) is 81.6. The molecule has 19 heteroatoms. The Hall–Kier alpha value is -6.59. The summed E-state index contributed by atoms with van der Waals surface area (Å²) in [5, 5.41) is 19.9. The molecule has 65 heavy (non-hydrogen) atoms. The topological polar surface area (TPSA) is 283 Å². The van der Waals surface area contributed by atoms with Gasteiger partial charge < -0.3 is 52.8 Å². The van der Waals surface area contributed by atoms with Crippen LogP contribution >= 0.6 is 10.0 Å². The van der Waals surface area contributed by atoms with Gasteiger partial charge in [0.05, 0.1) is 17.3 Å². The number of hydrogen-bond donors (Lipinski definition) is 7. The van der Waals surface area contributed by atoms with Crippen LogP contribution in [-0.4, -0.2) is 128 Å². The van der Waals surface area contributed by atoms with Crippen LogP contribution in [0.5, 0.6) is 11.5 Å². The van der Waals surface area contributed by atoms with Gasteiger partial charge in [0.15, 0.2) is 5.82 Å². The maximum absolute atomic E-state index is 14.6. The molecule has 3 aromatic carbocycles. The highest BCUT2D eigenvalue weighted by Gasteiger charge is 2.36. The average molecular weight is 910 g/mol. The van der Waals surface area contributed by atoms with Gasteiger partial charge in [-0.2, -0.15) is 5.26 Å². The third kappa shape index (κ3) is 12.4. The van der Waals surface area contributed by atoms with Crippen LogP contribution in [0.1, 0.15) is 46.6 Å². The number of benzene rings is 3. The van der Waals surface area contributed by atoms with Gasteiger partial charge in [0, 0.05) is 49.4 Å². The lowest BCUT2D eigenvalue weighted by Gasteiger charge is -2.32. The van der Waals surface area contributed by atoms with Gasteiger partial charge in [-0.3, -0.25) is 24.0 Å². The van der Waals surface area contributed by atoms with E-state index in [0.717, 1.165) is 5.56 Å². The van der Waals surface area contributed by atoms with E-state index < -0.39 is 63.7 Å². The van der Waals surface area contributed by atoms with Gasteiger partial charge in [-0.15, -0.1) is 0 Å². The molecule has 4 bridgehead atoms. The van der Waals surface area contributed by atoms with Crippen LogP contribution in [0.25, 0.3) is 22.5 Å². The fraction of sp³-hybridized carbons (Fsp3) is 0.391. The van der Waals surface area contributed by atoms with E-state index in [-0.39, 0.29) is 57.8 Å². The number of likely N-dealkylation sites (N-methyl/N-ethyl adjacent to an activating group) is 1. The third-order valence-corrected chi connectivity index (χ3v) is 12.3. The molecular weight excluding hydrogens is 851 g/mol. The van der Waals surface area contributed by atoms with Crippen molar-refractivity contribution < 1.29 is 33.4 Å². The van der Waals surface area contributed by atoms with E-state index in [2.05, 4.69) is 62.1 Å². The van der Waals surface area contributed by atoms with E-state index >= 15 is 0 Å². The summed E-state index contributed by atoms with van der Waals surface area (Å²) in [5.41, 5.74) is 20.9. The predicted octanol–water partition coefficient (Wildman–Crippen LogP) is 1.68. The van der Waals surface area contributed by atoms with Gasteiger partial charge in [0.2, 0.25) is 23.6 Å². The average Bonchev–Trinajstić information content (AvgIpc) is 3.28. The highest BCUT2D eigenvalue weighted by Crippen LogP contribution is 2.45. The zero-order valence-corrected chi connectivity index (χ0v) is 38.4. The summed E-state index contributed by atoms with van der Waals surface area (Å²) in [6.07, 6.45) is 8.04. The van der Waals surface area contributed by atoms with Gasteiger partial charge in [-0.25, -0.2) is 20.0 Å². The molecule has 0 aliphatic carbocycles. The number of aryl methyl sites for hydroxylation is 1. The van der Waals surface area contributed by atoms with Crippen LogP contribution in [0.3, 0.4) is 0 Å². The zero-order chi connectivity index (χ0) is 47.4. The van der Waals surface area contributed by atoms with E-state index in [1.165, 1.54) is 30.0 Å². The first-order valence-corrected chi connectivity index (χ1v) is 23.9. The number of carbonyl (C=O) groups excluding carboxylic acids is 5. The van der Waals surface area contributed by atoms with Crippen molar-refractivity contribution in [2.75, 3.05) is 65.2 Å². The molecule has 0 fully saturated rings. The Balaban J connectivity index is 1.55. The maximum atomic E-state index is 14.6. The molecule has 1 aliphatic rings. The van der Waals surface area contributed by atoms with Gasteiger partial charge in [0.25, 0.3) is 5.91 Å². The molecule has 4 aromatic rings. The number of fused-ring (bicyclic) bond motifs is 5.